The Morgan fingerprint density at radius 2 is 1.95 bits per heavy atom. The molecule has 0 saturated heterocycles. The quantitative estimate of drug-likeness (QED) is 0.836. The number of benzene rings is 1. The molecule has 0 radical (unpaired) electrons. The number of hydrogen-bond donors (Lipinski definition) is 2. The van der Waals surface area contributed by atoms with E-state index in [4.69, 9.17) is 14.6 Å². The summed E-state index contributed by atoms with van der Waals surface area (Å²) in [7, 11) is 0. The molecule has 0 unspecified atom stereocenters. The molecule has 0 bridgehead atoms. The van der Waals surface area contributed by atoms with Crippen LogP contribution in [-0.4, -0.2) is 35.7 Å². The molecule has 0 saturated carbocycles. The van der Waals surface area contributed by atoms with Crippen molar-refractivity contribution in [3.63, 3.8) is 0 Å². The lowest BCUT2D eigenvalue weighted by atomic mass is 9.94. The van der Waals surface area contributed by atoms with E-state index < -0.39 is 11.5 Å². The van der Waals surface area contributed by atoms with E-state index in [9.17, 15) is 9.59 Å². The van der Waals surface area contributed by atoms with Crippen molar-refractivity contribution >= 4 is 11.9 Å². The van der Waals surface area contributed by atoms with Gasteiger partial charge in [-0.2, -0.15) is 0 Å². The molecule has 2 N–H and O–H groups in total. The van der Waals surface area contributed by atoms with Gasteiger partial charge in [0.1, 0.15) is 13.2 Å². The van der Waals surface area contributed by atoms with Gasteiger partial charge in [-0.1, -0.05) is 13.0 Å². The van der Waals surface area contributed by atoms with Crippen molar-refractivity contribution in [2.45, 2.75) is 38.6 Å². The summed E-state index contributed by atoms with van der Waals surface area (Å²) in [5, 5.41) is 11.7. The molecule has 0 aliphatic carbocycles. The molecular weight excluding hydrogens is 286 g/mol. The normalized spacial score (nSPS) is 15.7. The number of rotatable bonds is 6. The predicted octanol–water partition coefficient (Wildman–Crippen LogP) is 1.76. The molecule has 1 aliphatic rings. The smallest absolute Gasteiger partial charge is 0.305 e. The van der Waals surface area contributed by atoms with Crippen molar-refractivity contribution in [1.29, 1.82) is 0 Å². The molecule has 1 atom stereocenters. The van der Waals surface area contributed by atoms with Gasteiger partial charge in [0, 0.05) is 5.54 Å². The topological polar surface area (TPSA) is 84.9 Å². The van der Waals surface area contributed by atoms with Gasteiger partial charge in [-0.15, -0.1) is 0 Å². The largest absolute Gasteiger partial charge is 0.486 e. The summed E-state index contributed by atoms with van der Waals surface area (Å²) in [6.45, 7) is 4.61. The van der Waals surface area contributed by atoms with Gasteiger partial charge < -0.3 is 19.9 Å². The SMILES string of the molecule is CC[C@](C)(CC(=O)O)NC(=O)Cc1ccc2c(c1)OCCO2. The van der Waals surface area contributed by atoms with Crippen molar-refractivity contribution in [2.75, 3.05) is 13.2 Å². The summed E-state index contributed by atoms with van der Waals surface area (Å²) >= 11 is 0. The molecule has 6 nitrogen and oxygen atoms in total. The molecule has 0 aromatic heterocycles. The number of aliphatic carboxylic acids is 1. The first-order valence-electron chi connectivity index (χ1n) is 7.33. The minimum Gasteiger partial charge on any atom is -0.486 e. The van der Waals surface area contributed by atoms with E-state index in [1.165, 1.54) is 0 Å². The first kappa shape index (κ1) is 16.1. The van der Waals surface area contributed by atoms with Crippen LogP contribution in [0, 0.1) is 0 Å². The zero-order valence-corrected chi connectivity index (χ0v) is 12.8. The van der Waals surface area contributed by atoms with Gasteiger partial charge in [-0.05, 0) is 31.0 Å². The Morgan fingerprint density at radius 3 is 2.59 bits per heavy atom. The van der Waals surface area contributed by atoms with Crippen LogP contribution in [0.2, 0.25) is 0 Å². The zero-order valence-electron chi connectivity index (χ0n) is 12.8. The fraction of sp³-hybridized carbons (Fsp3) is 0.500. The van der Waals surface area contributed by atoms with Crippen LogP contribution in [0.15, 0.2) is 18.2 Å². The van der Waals surface area contributed by atoms with Crippen LogP contribution in [0.5, 0.6) is 11.5 Å². The molecule has 22 heavy (non-hydrogen) atoms. The fourth-order valence-corrected chi connectivity index (χ4v) is 2.36. The summed E-state index contributed by atoms with van der Waals surface area (Å²) in [6.07, 6.45) is 0.619. The maximum absolute atomic E-state index is 12.2. The van der Waals surface area contributed by atoms with E-state index in [1.807, 2.05) is 13.0 Å². The molecule has 2 rings (SSSR count). The zero-order chi connectivity index (χ0) is 16.2. The maximum atomic E-state index is 12.2. The number of fused-ring (bicyclic) bond motifs is 1. The number of hydrogen-bond acceptors (Lipinski definition) is 4. The lowest BCUT2D eigenvalue weighted by molar-refractivity contribution is -0.139. The number of carbonyl (C=O) groups excluding carboxylic acids is 1. The predicted molar refractivity (Wildman–Crippen MR) is 80.2 cm³/mol. The summed E-state index contributed by atoms with van der Waals surface area (Å²) in [5.74, 6) is 0.186. The monoisotopic (exact) mass is 307 g/mol. The van der Waals surface area contributed by atoms with Gasteiger partial charge in [-0.3, -0.25) is 9.59 Å². The van der Waals surface area contributed by atoms with Crippen LogP contribution in [0.4, 0.5) is 0 Å². The fourth-order valence-electron chi connectivity index (χ4n) is 2.36. The second-order valence-corrected chi connectivity index (χ2v) is 5.69. The third-order valence-corrected chi connectivity index (χ3v) is 3.73. The van der Waals surface area contributed by atoms with E-state index in [-0.39, 0.29) is 18.7 Å². The first-order valence-corrected chi connectivity index (χ1v) is 7.33. The maximum Gasteiger partial charge on any atom is 0.305 e. The van der Waals surface area contributed by atoms with E-state index in [0.717, 1.165) is 5.56 Å². The van der Waals surface area contributed by atoms with Crippen LogP contribution in [0.25, 0.3) is 0 Å². The van der Waals surface area contributed by atoms with Crippen LogP contribution in [-0.2, 0) is 16.0 Å². The average Bonchev–Trinajstić information content (AvgIpc) is 2.46. The minimum atomic E-state index is -0.927. The molecule has 0 fully saturated rings. The lowest BCUT2D eigenvalue weighted by Crippen LogP contribution is -2.47. The van der Waals surface area contributed by atoms with Crippen molar-refractivity contribution < 1.29 is 24.2 Å². The molecule has 6 heteroatoms. The van der Waals surface area contributed by atoms with Gasteiger partial charge in [0.25, 0.3) is 0 Å². The van der Waals surface area contributed by atoms with E-state index in [0.29, 0.717) is 31.1 Å². The van der Waals surface area contributed by atoms with E-state index in [1.54, 1.807) is 19.1 Å². The number of carboxylic acid groups (broad SMARTS) is 1. The third kappa shape index (κ3) is 4.13. The van der Waals surface area contributed by atoms with E-state index >= 15 is 0 Å². The van der Waals surface area contributed by atoms with Crippen molar-refractivity contribution in [1.82, 2.24) is 5.32 Å². The Balaban J connectivity index is 2.01. The molecule has 1 aromatic carbocycles. The van der Waals surface area contributed by atoms with Gasteiger partial charge in [0.2, 0.25) is 5.91 Å². The molecule has 1 aromatic rings. The van der Waals surface area contributed by atoms with Crippen molar-refractivity contribution in [3.8, 4) is 11.5 Å². The third-order valence-electron chi connectivity index (χ3n) is 3.73. The minimum absolute atomic E-state index is 0.101. The summed E-state index contributed by atoms with van der Waals surface area (Å²) in [6, 6.07) is 5.38. The molecular formula is C16H21NO5. The molecule has 1 heterocycles. The van der Waals surface area contributed by atoms with Crippen LogP contribution >= 0.6 is 0 Å². The molecule has 1 amide bonds. The van der Waals surface area contributed by atoms with Gasteiger partial charge >= 0.3 is 5.97 Å². The molecule has 120 valence electrons. The number of carbonyl (C=O) groups is 2. The molecule has 1 aliphatic heterocycles. The Labute approximate surface area is 129 Å². The Kier molecular flexibility index (Phi) is 4.90. The summed E-state index contributed by atoms with van der Waals surface area (Å²) in [4.78, 5) is 23.1. The highest BCUT2D eigenvalue weighted by Gasteiger charge is 2.27. The Morgan fingerprint density at radius 1 is 1.27 bits per heavy atom. The van der Waals surface area contributed by atoms with Crippen molar-refractivity contribution in [3.05, 3.63) is 23.8 Å². The second-order valence-electron chi connectivity index (χ2n) is 5.69. The second kappa shape index (κ2) is 6.68. The van der Waals surface area contributed by atoms with Gasteiger partial charge in [0.15, 0.2) is 11.5 Å². The number of ether oxygens (including phenoxy) is 2. The van der Waals surface area contributed by atoms with Gasteiger partial charge in [0.05, 0.1) is 12.8 Å². The highest BCUT2D eigenvalue weighted by Crippen LogP contribution is 2.30. The van der Waals surface area contributed by atoms with Crippen molar-refractivity contribution in [2.24, 2.45) is 0 Å². The number of carboxylic acids is 1. The standard InChI is InChI=1S/C16H21NO5/c1-3-16(2,10-15(19)20)17-14(18)9-11-4-5-12-13(8-11)22-7-6-21-12/h4-5,8H,3,6-7,9-10H2,1-2H3,(H,17,18)(H,19,20)/t16-/m1/s1. The first-order chi connectivity index (χ1) is 10.4. The van der Waals surface area contributed by atoms with Crippen LogP contribution < -0.4 is 14.8 Å². The van der Waals surface area contributed by atoms with Crippen LogP contribution in [0.1, 0.15) is 32.3 Å². The Bertz CT molecular complexity index is 572. The van der Waals surface area contributed by atoms with E-state index in [2.05, 4.69) is 5.32 Å². The average molecular weight is 307 g/mol. The number of amides is 1. The Hall–Kier alpha value is -2.24. The lowest BCUT2D eigenvalue weighted by Gasteiger charge is -2.28. The van der Waals surface area contributed by atoms with Crippen LogP contribution in [0.3, 0.4) is 0 Å². The van der Waals surface area contributed by atoms with Gasteiger partial charge in [-0.25, -0.2) is 0 Å². The molecule has 0 spiro atoms. The highest BCUT2D eigenvalue weighted by atomic mass is 16.6. The summed E-state index contributed by atoms with van der Waals surface area (Å²) < 4.78 is 10.9. The number of nitrogens with one attached hydrogen (secondary N) is 1. The summed E-state index contributed by atoms with van der Waals surface area (Å²) in [5.41, 5.74) is 0.0621. The highest BCUT2D eigenvalue weighted by molar-refractivity contribution is 5.80.